The monoisotopic (exact) mass is 259 g/mol. The highest BCUT2D eigenvalue weighted by atomic mass is 32.2. The van der Waals surface area contributed by atoms with Crippen molar-refractivity contribution in [2.24, 2.45) is 5.73 Å². The van der Waals surface area contributed by atoms with Crippen molar-refractivity contribution < 1.29 is 19.0 Å². The second kappa shape index (κ2) is 6.46. The van der Waals surface area contributed by atoms with Crippen LogP contribution in [0.4, 0.5) is 4.39 Å². The van der Waals surface area contributed by atoms with Gasteiger partial charge in [0.25, 0.3) is 0 Å². The third-order valence-corrected chi connectivity index (χ3v) is 3.22. The van der Waals surface area contributed by atoms with Crippen LogP contribution in [0.3, 0.4) is 0 Å². The predicted octanol–water partition coefficient (Wildman–Crippen LogP) is 1.48. The van der Waals surface area contributed by atoms with Crippen molar-refractivity contribution in [3.05, 3.63) is 29.6 Å². The van der Waals surface area contributed by atoms with E-state index in [1.807, 2.05) is 0 Å². The molecule has 0 bridgehead atoms. The van der Waals surface area contributed by atoms with E-state index in [1.54, 1.807) is 6.07 Å². The molecule has 1 aromatic rings. The molecule has 1 atom stereocenters. The highest BCUT2D eigenvalue weighted by Gasteiger charge is 2.12. The van der Waals surface area contributed by atoms with Crippen LogP contribution in [0.5, 0.6) is 5.75 Å². The summed E-state index contributed by atoms with van der Waals surface area (Å²) in [6.07, 6.45) is 0. The van der Waals surface area contributed by atoms with Gasteiger partial charge in [0, 0.05) is 17.1 Å². The van der Waals surface area contributed by atoms with Gasteiger partial charge < -0.3 is 15.6 Å². The lowest BCUT2D eigenvalue weighted by atomic mass is 10.2. The number of halogens is 1. The zero-order valence-electron chi connectivity index (χ0n) is 9.35. The molecule has 3 N–H and O–H groups in total. The molecular formula is C11H14FNO3S. The second-order valence-electron chi connectivity index (χ2n) is 3.42. The highest BCUT2D eigenvalue weighted by Crippen LogP contribution is 2.24. The van der Waals surface area contributed by atoms with Crippen molar-refractivity contribution >= 4 is 17.7 Å². The van der Waals surface area contributed by atoms with E-state index < -0.39 is 12.0 Å². The molecule has 1 rings (SSSR count). The molecule has 6 heteroatoms. The summed E-state index contributed by atoms with van der Waals surface area (Å²) in [6.45, 7) is 0. The smallest absolute Gasteiger partial charge is 0.321 e. The molecule has 94 valence electrons. The first-order chi connectivity index (χ1) is 8.04. The van der Waals surface area contributed by atoms with Crippen LogP contribution in [0, 0.1) is 5.82 Å². The lowest BCUT2D eigenvalue weighted by Crippen LogP contribution is -2.32. The largest absolute Gasteiger partial charge is 0.496 e. The number of benzene rings is 1. The first kappa shape index (κ1) is 13.8. The number of carboxylic acids is 1. The summed E-state index contributed by atoms with van der Waals surface area (Å²) >= 11 is 1.33. The first-order valence-corrected chi connectivity index (χ1v) is 6.08. The summed E-state index contributed by atoms with van der Waals surface area (Å²) in [5.41, 5.74) is 6.05. The number of aliphatic carboxylic acids is 1. The van der Waals surface area contributed by atoms with Crippen LogP contribution < -0.4 is 10.5 Å². The minimum atomic E-state index is -1.04. The Balaban J connectivity index is 2.56. The van der Waals surface area contributed by atoms with Gasteiger partial charge in [-0.1, -0.05) is 0 Å². The number of rotatable bonds is 6. The van der Waals surface area contributed by atoms with Crippen LogP contribution in [0.25, 0.3) is 0 Å². The number of hydrogen-bond donors (Lipinski definition) is 2. The van der Waals surface area contributed by atoms with E-state index in [4.69, 9.17) is 15.6 Å². The normalized spacial score (nSPS) is 12.2. The Morgan fingerprint density at radius 2 is 2.35 bits per heavy atom. The fourth-order valence-electron chi connectivity index (χ4n) is 1.23. The lowest BCUT2D eigenvalue weighted by Gasteiger charge is -2.09. The topological polar surface area (TPSA) is 72.5 Å². The summed E-state index contributed by atoms with van der Waals surface area (Å²) in [5, 5.41) is 8.60. The fourth-order valence-corrected chi connectivity index (χ4v) is 2.19. The van der Waals surface area contributed by atoms with Crippen molar-refractivity contribution in [3.8, 4) is 5.75 Å². The molecule has 0 radical (unpaired) electrons. The third-order valence-electron chi connectivity index (χ3n) is 2.11. The molecule has 0 saturated carbocycles. The van der Waals surface area contributed by atoms with Crippen molar-refractivity contribution in [2.75, 3.05) is 12.9 Å². The first-order valence-electron chi connectivity index (χ1n) is 4.93. The van der Waals surface area contributed by atoms with Gasteiger partial charge in [-0.25, -0.2) is 4.39 Å². The molecule has 0 amide bonds. The van der Waals surface area contributed by atoms with Crippen LogP contribution in [0.2, 0.25) is 0 Å². The van der Waals surface area contributed by atoms with E-state index in [0.29, 0.717) is 17.1 Å². The van der Waals surface area contributed by atoms with Crippen molar-refractivity contribution in [3.63, 3.8) is 0 Å². The van der Waals surface area contributed by atoms with Crippen molar-refractivity contribution in [1.29, 1.82) is 0 Å². The van der Waals surface area contributed by atoms with Crippen molar-refractivity contribution in [2.45, 2.75) is 11.8 Å². The average molecular weight is 259 g/mol. The Hall–Kier alpha value is -1.27. The molecule has 17 heavy (non-hydrogen) atoms. The molecule has 0 heterocycles. The number of carboxylic acid groups (broad SMARTS) is 1. The Morgan fingerprint density at radius 1 is 1.65 bits per heavy atom. The average Bonchev–Trinajstić information content (AvgIpc) is 2.29. The van der Waals surface area contributed by atoms with E-state index in [-0.39, 0.29) is 11.6 Å². The van der Waals surface area contributed by atoms with Gasteiger partial charge in [0.2, 0.25) is 0 Å². The van der Waals surface area contributed by atoms with Gasteiger partial charge in [-0.2, -0.15) is 11.8 Å². The van der Waals surface area contributed by atoms with Crippen LogP contribution in [0.15, 0.2) is 18.2 Å². The molecule has 0 saturated heterocycles. The number of carbonyl (C=O) groups is 1. The number of nitrogens with two attached hydrogens (primary N) is 1. The Bertz CT molecular complexity index is 400. The minimum Gasteiger partial charge on any atom is -0.496 e. The number of ether oxygens (including phenoxy) is 1. The van der Waals surface area contributed by atoms with Gasteiger partial charge in [-0.3, -0.25) is 4.79 Å². The van der Waals surface area contributed by atoms with Crippen LogP contribution in [-0.2, 0) is 10.5 Å². The maximum Gasteiger partial charge on any atom is 0.321 e. The van der Waals surface area contributed by atoms with Gasteiger partial charge in [0.05, 0.1) is 7.11 Å². The Labute approximate surface area is 103 Å². The van der Waals surface area contributed by atoms with E-state index >= 15 is 0 Å². The van der Waals surface area contributed by atoms with Gasteiger partial charge in [0.1, 0.15) is 17.6 Å². The fraction of sp³-hybridized carbons (Fsp3) is 0.364. The minimum absolute atomic E-state index is 0.273. The van der Waals surface area contributed by atoms with E-state index in [9.17, 15) is 9.18 Å². The molecule has 1 unspecified atom stereocenters. The Morgan fingerprint density at radius 3 is 2.94 bits per heavy atom. The molecule has 0 aliphatic carbocycles. The number of methoxy groups -OCH3 is 1. The zero-order chi connectivity index (χ0) is 12.8. The lowest BCUT2D eigenvalue weighted by molar-refractivity contribution is -0.137. The quantitative estimate of drug-likeness (QED) is 0.809. The maximum absolute atomic E-state index is 13.0. The molecule has 1 aromatic carbocycles. The van der Waals surface area contributed by atoms with Gasteiger partial charge in [-0.15, -0.1) is 0 Å². The molecule has 0 aliphatic rings. The molecule has 0 aliphatic heterocycles. The highest BCUT2D eigenvalue weighted by molar-refractivity contribution is 7.98. The van der Waals surface area contributed by atoms with Gasteiger partial charge >= 0.3 is 5.97 Å². The van der Waals surface area contributed by atoms with Crippen molar-refractivity contribution in [1.82, 2.24) is 0 Å². The van der Waals surface area contributed by atoms with Crippen LogP contribution >= 0.6 is 11.8 Å². The van der Waals surface area contributed by atoms with E-state index in [1.165, 1.54) is 31.0 Å². The Kier molecular flexibility index (Phi) is 5.24. The van der Waals surface area contributed by atoms with Crippen LogP contribution in [-0.4, -0.2) is 30.0 Å². The van der Waals surface area contributed by atoms with E-state index in [2.05, 4.69) is 0 Å². The van der Waals surface area contributed by atoms with E-state index in [0.717, 1.165) is 0 Å². The van der Waals surface area contributed by atoms with Gasteiger partial charge in [-0.05, 0) is 18.2 Å². The standard InChI is InChI=1S/C11H14FNO3S/c1-16-10-3-2-8(12)4-7(10)5-17-6-9(13)11(14)15/h2-4,9H,5-6,13H2,1H3,(H,14,15). The summed E-state index contributed by atoms with van der Waals surface area (Å²) in [6, 6.07) is 3.33. The summed E-state index contributed by atoms with van der Waals surface area (Å²) < 4.78 is 18.1. The number of hydrogen-bond acceptors (Lipinski definition) is 4. The molecule has 0 spiro atoms. The predicted molar refractivity (Wildman–Crippen MR) is 64.7 cm³/mol. The SMILES string of the molecule is COc1ccc(F)cc1CSCC(N)C(=O)O. The number of thioether (sulfide) groups is 1. The summed E-state index contributed by atoms with van der Waals surface area (Å²) in [5.74, 6) is -0.0628. The molecule has 4 nitrogen and oxygen atoms in total. The maximum atomic E-state index is 13.0. The third kappa shape index (κ3) is 4.24. The molecular weight excluding hydrogens is 245 g/mol. The van der Waals surface area contributed by atoms with Gasteiger partial charge in [0.15, 0.2) is 0 Å². The second-order valence-corrected chi connectivity index (χ2v) is 4.45. The summed E-state index contributed by atoms with van der Waals surface area (Å²) in [4.78, 5) is 10.5. The molecule has 0 fully saturated rings. The summed E-state index contributed by atoms with van der Waals surface area (Å²) in [7, 11) is 1.50. The zero-order valence-corrected chi connectivity index (χ0v) is 10.2. The van der Waals surface area contributed by atoms with Crippen LogP contribution in [0.1, 0.15) is 5.56 Å². The molecule has 0 aromatic heterocycles.